The Kier molecular flexibility index (Phi) is 4.00. The summed E-state index contributed by atoms with van der Waals surface area (Å²) >= 11 is 0. The molecule has 0 fully saturated rings. The van der Waals surface area contributed by atoms with Crippen molar-refractivity contribution >= 4 is 16.9 Å². The lowest BCUT2D eigenvalue weighted by molar-refractivity contribution is -0.145. The van der Waals surface area contributed by atoms with Crippen molar-refractivity contribution in [3.8, 4) is 5.75 Å². The number of carbonyl (C=O) groups excluding carboxylic acids is 1. The van der Waals surface area contributed by atoms with Gasteiger partial charge in [0, 0.05) is 17.1 Å². The fraction of sp³-hybridized carbons (Fsp3) is 0.333. The van der Waals surface area contributed by atoms with Crippen molar-refractivity contribution in [3.05, 3.63) is 35.5 Å². The summed E-state index contributed by atoms with van der Waals surface area (Å²) in [5.41, 5.74) is 2.85. The van der Waals surface area contributed by atoms with Crippen molar-refractivity contribution in [2.24, 2.45) is 0 Å². The van der Waals surface area contributed by atoms with Gasteiger partial charge in [-0.25, -0.2) is 4.79 Å². The molecule has 2 rings (SSSR count). The van der Waals surface area contributed by atoms with Crippen LogP contribution in [0.3, 0.4) is 0 Å². The van der Waals surface area contributed by atoms with Gasteiger partial charge in [0.25, 0.3) is 0 Å². The van der Waals surface area contributed by atoms with E-state index in [0.29, 0.717) is 12.4 Å². The molecule has 4 nitrogen and oxygen atoms in total. The number of hydrogen-bond donors (Lipinski definition) is 0. The number of benzene rings is 1. The molecule has 0 aliphatic rings. The number of rotatable bonds is 4. The van der Waals surface area contributed by atoms with Crippen molar-refractivity contribution in [1.82, 2.24) is 4.98 Å². The van der Waals surface area contributed by atoms with Crippen molar-refractivity contribution < 1.29 is 14.3 Å². The number of pyridine rings is 1. The van der Waals surface area contributed by atoms with Gasteiger partial charge in [0.05, 0.1) is 12.1 Å². The first kappa shape index (κ1) is 13.3. The summed E-state index contributed by atoms with van der Waals surface area (Å²) in [5.74, 6) is 0.303. The molecular formula is C15H17NO3. The van der Waals surface area contributed by atoms with Gasteiger partial charge in [0.15, 0.2) is 6.61 Å². The van der Waals surface area contributed by atoms with Crippen LogP contribution in [0.15, 0.2) is 24.3 Å². The Morgan fingerprint density at radius 2 is 2.11 bits per heavy atom. The molecule has 0 aliphatic carbocycles. The van der Waals surface area contributed by atoms with E-state index in [9.17, 15) is 4.79 Å². The van der Waals surface area contributed by atoms with Crippen molar-refractivity contribution in [2.75, 3.05) is 13.2 Å². The quantitative estimate of drug-likeness (QED) is 0.792. The maximum atomic E-state index is 11.3. The van der Waals surface area contributed by atoms with Gasteiger partial charge in [0.1, 0.15) is 5.75 Å². The van der Waals surface area contributed by atoms with Gasteiger partial charge in [0.2, 0.25) is 0 Å². The fourth-order valence-corrected chi connectivity index (χ4v) is 1.94. The molecule has 2 aromatic rings. The predicted molar refractivity (Wildman–Crippen MR) is 73.3 cm³/mol. The van der Waals surface area contributed by atoms with E-state index in [4.69, 9.17) is 9.47 Å². The molecule has 0 aliphatic heterocycles. The second-order valence-corrected chi connectivity index (χ2v) is 4.33. The van der Waals surface area contributed by atoms with Gasteiger partial charge in [-0.05, 0) is 32.4 Å². The molecule has 4 heteroatoms. The number of esters is 1. The third-order valence-electron chi connectivity index (χ3n) is 2.78. The summed E-state index contributed by atoms with van der Waals surface area (Å²) in [7, 11) is 0. The molecule has 1 heterocycles. The summed E-state index contributed by atoms with van der Waals surface area (Å²) < 4.78 is 10.4. The predicted octanol–water partition coefficient (Wildman–Crippen LogP) is 2.79. The van der Waals surface area contributed by atoms with Crippen LogP contribution in [0.1, 0.15) is 18.2 Å². The minimum Gasteiger partial charge on any atom is -0.481 e. The molecule has 0 atom stereocenters. The molecule has 0 radical (unpaired) electrons. The number of ether oxygens (including phenoxy) is 2. The van der Waals surface area contributed by atoms with Gasteiger partial charge in [-0.1, -0.05) is 12.1 Å². The normalized spacial score (nSPS) is 10.5. The minimum atomic E-state index is -0.363. The smallest absolute Gasteiger partial charge is 0.344 e. The number of hydrogen-bond acceptors (Lipinski definition) is 4. The van der Waals surface area contributed by atoms with Crippen LogP contribution < -0.4 is 4.74 Å². The van der Waals surface area contributed by atoms with Crippen molar-refractivity contribution in [1.29, 1.82) is 0 Å². The Bertz CT molecular complexity index is 608. The van der Waals surface area contributed by atoms with E-state index in [2.05, 4.69) is 4.98 Å². The first-order chi connectivity index (χ1) is 9.11. The molecule has 1 aromatic carbocycles. The minimum absolute atomic E-state index is 0.0830. The van der Waals surface area contributed by atoms with Gasteiger partial charge in [-0.15, -0.1) is 0 Å². The summed E-state index contributed by atoms with van der Waals surface area (Å²) in [5, 5.41) is 0.912. The Morgan fingerprint density at radius 1 is 1.32 bits per heavy atom. The topological polar surface area (TPSA) is 48.4 Å². The largest absolute Gasteiger partial charge is 0.481 e. The highest BCUT2D eigenvalue weighted by atomic mass is 16.6. The van der Waals surface area contributed by atoms with Crippen LogP contribution in [0.2, 0.25) is 0 Å². The lowest BCUT2D eigenvalue weighted by atomic mass is 10.1. The van der Waals surface area contributed by atoms with Crippen molar-refractivity contribution in [2.45, 2.75) is 20.8 Å². The molecule has 0 saturated heterocycles. The van der Waals surface area contributed by atoms with E-state index >= 15 is 0 Å². The van der Waals surface area contributed by atoms with Crippen molar-refractivity contribution in [3.63, 3.8) is 0 Å². The fourth-order valence-electron chi connectivity index (χ4n) is 1.94. The van der Waals surface area contributed by atoms with E-state index in [-0.39, 0.29) is 12.6 Å². The molecular weight excluding hydrogens is 242 g/mol. The standard InChI is InChI=1S/C15H17NO3/c1-4-18-14(17)9-19-13-8-11(3)16-15-10(2)6-5-7-12(13)15/h5-8H,4,9H2,1-3H3. The highest BCUT2D eigenvalue weighted by Gasteiger charge is 2.09. The van der Waals surface area contributed by atoms with E-state index in [1.54, 1.807) is 6.92 Å². The summed E-state index contributed by atoms with van der Waals surface area (Å²) in [6.07, 6.45) is 0. The Hall–Kier alpha value is -2.10. The lowest BCUT2D eigenvalue weighted by Gasteiger charge is -2.10. The van der Waals surface area contributed by atoms with E-state index in [0.717, 1.165) is 22.2 Å². The highest BCUT2D eigenvalue weighted by molar-refractivity contribution is 5.88. The summed E-state index contributed by atoms with van der Waals surface area (Å²) in [6, 6.07) is 7.73. The average molecular weight is 259 g/mol. The van der Waals surface area contributed by atoms with Crippen LogP contribution in [0, 0.1) is 13.8 Å². The number of aromatic nitrogens is 1. The third-order valence-corrected chi connectivity index (χ3v) is 2.78. The second kappa shape index (κ2) is 5.69. The van der Waals surface area contributed by atoms with Gasteiger partial charge in [-0.3, -0.25) is 4.98 Å². The molecule has 100 valence electrons. The van der Waals surface area contributed by atoms with E-state index in [1.807, 2.05) is 38.1 Å². The van der Waals surface area contributed by atoms with Crippen LogP contribution in [0.25, 0.3) is 10.9 Å². The number of carbonyl (C=O) groups is 1. The number of para-hydroxylation sites is 1. The van der Waals surface area contributed by atoms with Crippen LogP contribution in [0.4, 0.5) is 0 Å². The van der Waals surface area contributed by atoms with Crippen LogP contribution in [-0.4, -0.2) is 24.2 Å². The average Bonchev–Trinajstić information content (AvgIpc) is 2.37. The van der Waals surface area contributed by atoms with Crippen LogP contribution in [-0.2, 0) is 9.53 Å². The van der Waals surface area contributed by atoms with Gasteiger partial charge < -0.3 is 9.47 Å². The second-order valence-electron chi connectivity index (χ2n) is 4.33. The van der Waals surface area contributed by atoms with E-state index < -0.39 is 0 Å². The molecule has 1 aromatic heterocycles. The summed E-state index contributed by atoms with van der Waals surface area (Å²) in [6.45, 7) is 5.96. The first-order valence-corrected chi connectivity index (χ1v) is 6.27. The third kappa shape index (κ3) is 3.02. The molecule has 0 amide bonds. The van der Waals surface area contributed by atoms with Gasteiger partial charge in [-0.2, -0.15) is 0 Å². The maximum Gasteiger partial charge on any atom is 0.344 e. The number of fused-ring (bicyclic) bond motifs is 1. The molecule has 0 saturated carbocycles. The molecule has 0 bridgehead atoms. The zero-order valence-corrected chi connectivity index (χ0v) is 11.4. The monoisotopic (exact) mass is 259 g/mol. The first-order valence-electron chi connectivity index (χ1n) is 6.27. The Balaban J connectivity index is 2.32. The highest BCUT2D eigenvalue weighted by Crippen LogP contribution is 2.27. The molecule has 0 unspecified atom stereocenters. The van der Waals surface area contributed by atoms with Crippen LogP contribution in [0.5, 0.6) is 5.75 Å². The Labute approximate surface area is 112 Å². The zero-order chi connectivity index (χ0) is 13.8. The van der Waals surface area contributed by atoms with Gasteiger partial charge >= 0.3 is 5.97 Å². The zero-order valence-electron chi connectivity index (χ0n) is 11.4. The van der Waals surface area contributed by atoms with Crippen LogP contribution >= 0.6 is 0 Å². The van der Waals surface area contributed by atoms with E-state index in [1.165, 1.54) is 0 Å². The number of aryl methyl sites for hydroxylation is 2. The number of nitrogens with zero attached hydrogens (tertiary/aromatic N) is 1. The molecule has 0 N–H and O–H groups in total. The summed E-state index contributed by atoms with van der Waals surface area (Å²) in [4.78, 5) is 15.8. The SMILES string of the molecule is CCOC(=O)COc1cc(C)nc2c(C)cccc12. The molecule has 0 spiro atoms. The maximum absolute atomic E-state index is 11.3. The Morgan fingerprint density at radius 3 is 2.84 bits per heavy atom. The molecule has 19 heavy (non-hydrogen) atoms. The lowest BCUT2D eigenvalue weighted by Crippen LogP contribution is -2.14.